The molecule has 0 fully saturated rings. The Labute approximate surface area is 129 Å². The molecule has 0 aliphatic heterocycles. The Kier molecular flexibility index (Phi) is 3.51. The Morgan fingerprint density at radius 1 is 1.14 bits per heavy atom. The van der Waals surface area contributed by atoms with Gasteiger partial charge in [-0.2, -0.15) is 0 Å². The van der Waals surface area contributed by atoms with Crippen molar-refractivity contribution in [1.29, 1.82) is 0 Å². The van der Waals surface area contributed by atoms with E-state index in [-0.39, 0.29) is 5.75 Å². The Morgan fingerprint density at radius 2 is 1.95 bits per heavy atom. The molecule has 3 rings (SSSR count). The maximum atomic E-state index is 13.6. The van der Waals surface area contributed by atoms with Crippen molar-refractivity contribution in [3.05, 3.63) is 58.4 Å². The Hall–Kier alpha value is -2.14. The van der Waals surface area contributed by atoms with Crippen LogP contribution in [0.15, 0.2) is 46.9 Å². The van der Waals surface area contributed by atoms with Crippen LogP contribution >= 0.6 is 15.9 Å². The van der Waals surface area contributed by atoms with Gasteiger partial charge in [-0.05, 0) is 41.1 Å². The minimum absolute atomic E-state index is 0.270. The molecule has 0 bridgehead atoms. The predicted octanol–water partition coefficient (Wildman–Crippen LogP) is 4.82. The van der Waals surface area contributed by atoms with Crippen LogP contribution in [0.3, 0.4) is 0 Å². The number of anilines is 1. The van der Waals surface area contributed by atoms with Gasteiger partial charge in [0.25, 0.3) is 0 Å². The predicted molar refractivity (Wildman–Crippen MR) is 85.1 cm³/mol. The summed E-state index contributed by atoms with van der Waals surface area (Å²) in [4.78, 5) is 4.47. The zero-order valence-electron chi connectivity index (χ0n) is 11.2. The molecule has 1 aromatic heterocycles. The standard InChI is InChI=1S/C16H12BrFN2O/c1-9-5-6-10-3-2-4-14(16(10)20-9)21-15-8-12(18)11(17)7-13(15)19/h2-8H,19H2,1H3. The van der Waals surface area contributed by atoms with Crippen LogP contribution in [0.5, 0.6) is 11.5 Å². The fourth-order valence-electron chi connectivity index (χ4n) is 2.05. The lowest BCUT2D eigenvalue weighted by atomic mass is 10.2. The third-order valence-corrected chi connectivity index (χ3v) is 3.70. The van der Waals surface area contributed by atoms with Gasteiger partial charge in [-0.15, -0.1) is 0 Å². The number of aryl methyl sites for hydroxylation is 1. The number of rotatable bonds is 2. The van der Waals surface area contributed by atoms with E-state index >= 15 is 0 Å². The number of hydrogen-bond acceptors (Lipinski definition) is 3. The molecule has 0 radical (unpaired) electrons. The number of fused-ring (bicyclic) bond motifs is 1. The van der Waals surface area contributed by atoms with E-state index in [1.165, 1.54) is 12.1 Å². The number of hydrogen-bond donors (Lipinski definition) is 1. The summed E-state index contributed by atoms with van der Waals surface area (Å²) in [6.07, 6.45) is 0. The van der Waals surface area contributed by atoms with Crippen molar-refractivity contribution in [2.24, 2.45) is 0 Å². The number of para-hydroxylation sites is 1. The van der Waals surface area contributed by atoms with E-state index in [9.17, 15) is 4.39 Å². The summed E-state index contributed by atoms with van der Waals surface area (Å²) in [7, 11) is 0. The number of pyridine rings is 1. The highest BCUT2D eigenvalue weighted by Gasteiger charge is 2.11. The summed E-state index contributed by atoms with van der Waals surface area (Å²) in [5, 5.41) is 0.953. The SMILES string of the molecule is Cc1ccc2cccc(Oc3cc(F)c(Br)cc3N)c2n1. The van der Waals surface area contributed by atoms with Gasteiger partial charge in [0.05, 0.1) is 10.2 Å². The van der Waals surface area contributed by atoms with Crippen molar-refractivity contribution in [2.75, 3.05) is 5.73 Å². The molecule has 0 unspecified atom stereocenters. The van der Waals surface area contributed by atoms with Crippen LogP contribution in [-0.2, 0) is 0 Å². The summed E-state index contributed by atoms with van der Waals surface area (Å²) >= 11 is 3.09. The third-order valence-electron chi connectivity index (χ3n) is 3.10. The van der Waals surface area contributed by atoms with E-state index in [0.717, 1.165) is 16.6 Å². The van der Waals surface area contributed by atoms with E-state index < -0.39 is 5.82 Å². The van der Waals surface area contributed by atoms with Gasteiger partial charge in [0.2, 0.25) is 0 Å². The number of halogens is 2. The fraction of sp³-hybridized carbons (Fsp3) is 0.0625. The third kappa shape index (κ3) is 2.69. The molecular weight excluding hydrogens is 335 g/mol. The number of benzene rings is 2. The van der Waals surface area contributed by atoms with Crippen molar-refractivity contribution in [1.82, 2.24) is 4.98 Å². The Bertz CT molecular complexity index is 836. The summed E-state index contributed by atoms with van der Waals surface area (Å²) in [5.41, 5.74) is 7.83. The van der Waals surface area contributed by atoms with E-state index in [0.29, 0.717) is 15.9 Å². The van der Waals surface area contributed by atoms with E-state index in [4.69, 9.17) is 10.5 Å². The van der Waals surface area contributed by atoms with Crippen LogP contribution in [-0.4, -0.2) is 4.98 Å². The highest BCUT2D eigenvalue weighted by atomic mass is 79.9. The molecule has 0 saturated heterocycles. The zero-order chi connectivity index (χ0) is 15.0. The van der Waals surface area contributed by atoms with Crippen molar-refractivity contribution in [2.45, 2.75) is 6.92 Å². The van der Waals surface area contributed by atoms with E-state index in [1.54, 1.807) is 6.07 Å². The van der Waals surface area contributed by atoms with Gasteiger partial charge in [0.1, 0.15) is 11.3 Å². The minimum Gasteiger partial charge on any atom is -0.453 e. The second-order valence-electron chi connectivity index (χ2n) is 4.69. The van der Waals surface area contributed by atoms with Crippen molar-refractivity contribution < 1.29 is 9.13 Å². The van der Waals surface area contributed by atoms with Gasteiger partial charge in [0.15, 0.2) is 11.5 Å². The zero-order valence-corrected chi connectivity index (χ0v) is 12.8. The average molecular weight is 347 g/mol. The lowest BCUT2D eigenvalue weighted by molar-refractivity contribution is 0.483. The molecule has 0 aliphatic rings. The lowest BCUT2D eigenvalue weighted by Crippen LogP contribution is -1.95. The second kappa shape index (κ2) is 5.33. The first-order valence-electron chi connectivity index (χ1n) is 6.33. The first-order chi connectivity index (χ1) is 10.0. The van der Waals surface area contributed by atoms with Gasteiger partial charge in [-0.3, -0.25) is 0 Å². The number of ether oxygens (including phenoxy) is 1. The van der Waals surface area contributed by atoms with E-state index in [2.05, 4.69) is 20.9 Å². The normalized spacial score (nSPS) is 10.8. The molecule has 0 aliphatic carbocycles. The maximum Gasteiger partial charge on any atom is 0.153 e. The van der Waals surface area contributed by atoms with Crippen LogP contribution in [0, 0.1) is 12.7 Å². The smallest absolute Gasteiger partial charge is 0.153 e. The first kappa shape index (κ1) is 13.8. The van der Waals surface area contributed by atoms with E-state index in [1.807, 2.05) is 31.2 Å². The number of nitrogens with zero attached hydrogens (tertiary/aromatic N) is 1. The van der Waals surface area contributed by atoms with Gasteiger partial charge in [0, 0.05) is 17.1 Å². The van der Waals surface area contributed by atoms with Crippen LogP contribution in [0.4, 0.5) is 10.1 Å². The molecule has 3 nitrogen and oxygen atoms in total. The molecule has 21 heavy (non-hydrogen) atoms. The topological polar surface area (TPSA) is 48.1 Å². The highest BCUT2D eigenvalue weighted by molar-refractivity contribution is 9.10. The second-order valence-corrected chi connectivity index (χ2v) is 5.54. The summed E-state index contributed by atoms with van der Waals surface area (Å²) in [6, 6.07) is 12.2. The molecule has 0 spiro atoms. The minimum atomic E-state index is -0.427. The van der Waals surface area contributed by atoms with Gasteiger partial charge in [-0.25, -0.2) is 9.37 Å². The van der Waals surface area contributed by atoms with Gasteiger partial charge in [-0.1, -0.05) is 18.2 Å². The van der Waals surface area contributed by atoms with Gasteiger partial charge < -0.3 is 10.5 Å². The largest absolute Gasteiger partial charge is 0.453 e. The van der Waals surface area contributed by atoms with Crippen LogP contribution in [0.25, 0.3) is 10.9 Å². The highest BCUT2D eigenvalue weighted by Crippen LogP contribution is 2.34. The molecule has 1 heterocycles. The first-order valence-corrected chi connectivity index (χ1v) is 7.12. The summed E-state index contributed by atoms with van der Waals surface area (Å²) in [5.74, 6) is 0.389. The van der Waals surface area contributed by atoms with Crippen molar-refractivity contribution in [3.63, 3.8) is 0 Å². The Morgan fingerprint density at radius 3 is 2.76 bits per heavy atom. The summed E-state index contributed by atoms with van der Waals surface area (Å²) < 4.78 is 19.7. The van der Waals surface area contributed by atoms with Crippen LogP contribution in [0.1, 0.15) is 5.69 Å². The number of aromatic nitrogens is 1. The molecule has 2 N–H and O–H groups in total. The number of nitrogen functional groups attached to an aromatic ring is 1. The van der Waals surface area contributed by atoms with Crippen molar-refractivity contribution >= 4 is 32.5 Å². The van der Waals surface area contributed by atoms with Crippen molar-refractivity contribution in [3.8, 4) is 11.5 Å². The van der Waals surface area contributed by atoms with Gasteiger partial charge >= 0.3 is 0 Å². The molecule has 0 amide bonds. The molecule has 106 valence electrons. The maximum absolute atomic E-state index is 13.6. The number of nitrogens with two attached hydrogens (primary N) is 1. The molecule has 3 aromatic rings. The monoisotopic (exact) mass is 346 g/mol. The molecule has 0 atom stereocenters. The molecule has 2 aromatic carbocycles. The van der Waals surface area contributed by atoms with Crippen LogP contribution in [0.2, 0.25) is 0 Å². The molecule has 0 saturated carbocycles. The average Bonchev–Trinajstić information content (AvgIpc) is 2.45. The van der Waals surface area contributed by atoms with Crippen LogP contribution < -0.4 is 10.5 Å². The Balaban J connectivity index is 2.10. The molecule has 5 heteroatoms. The quantitative estimate of drug-likeness (QED) is 0.676. The molecular formula is C16H12BrFN2O. The summed E-state index contributed by atoms with van der Waals surface area (Å²) in [6.45, 7) is 1.91. The fourth-order valence-corrected chi connectivity index (χ4v) is 2.41. The lowest BCUT2D eigenvalue weighted by Gasteiger charge is -2.11.